The van der Waals surface area contributed by atoms with Crippen LogP contribution < -0.4 is 0 Å². The smallest absolute Gasteiger partial charge is 0.202 e. The molecule has 2 aromatic rings. The summed E-state index contributed by atoms with van der Waals surface area (Å²) in [7, 11) is 0. The molecule has 0 saturated carbocycles. The molecule has 2 aromatic carbocycles. The third-order valence-corrected chi connectivity index (χ3v) is 3.75. The Labute approximate surface area is 143 Å². The van der Waals surface area contributed by atoms with Crippen molar-refractivity contribution in [2.75, 3.05) is 0 Å². The lowest BCUT2D eigenvalue weighted by Crippen LogP contribution is -1.86. The topological polar surface area (TPSA) is 0 Å². The van der Waals surface area contributed by atoms with Crippen LogP contribution in [0.25, 0.3) is 5.83 Å². The summed E-state index contributed by atoms with van der Waals surface area (Å²) in [5, 5.41) is 0. The van der Waals surface area contributed by atoms with Crippen LogP contribution in [-0.2, 0) is 12.8 Å². The molecule has 0 heterocycles. The van der Waals surface area contributed by atoms with Crippen LogP contribution >= 0.6 is 0 Å². The van der Waals surface area contributed by atoms with Crippen molar-refractivity contribution >= 4 is 5.83 Å². The van der Waals surface area contributed by atoms with E-state index >= 15 is 0 Å². The average Bonchev–Trinajstić information content (AvgIpc) is 2.61. The summed E-state index contributed by atoms with van der Waals surface area (Å²) in [5.41, 5.74) is 3.24. The number of halogens is 2. The van der Waals surface area contributed by atoms with Gasteiger partial charge in [-0.05, 0) is 42.0 Å². The van der Waals surface area contributed by atoms with Crippen molar-refractivity contribution in [1.29, 1.82) is 0 Å². The Morgan fingerprint density at radius 3 is 1.79 bits per heavy atom. The molecule has 0 unspecified atom stereocenters. The molecule has 0 saturated heterocycles. The average molecular weight is 324 g/mol. The van der Waals surface area contributed by atoms with Crippen LogP contribution in [0.3, 0.4) is 0 Å². The maximum atomic E-state index is 14.1. The second-order valence-electron chi connectivity index (χ2n) is 5.77. The summed E-state index contributed by atoms with van der Waals surface area (Å²) in [6.07, 6.45) is 4.03. The van der Waals surface area contributed by atoms with Crippen molar-refractivity contribution in [3.8, 4) is 11.8 Å². The molecule has 0 nitrogen and oxygen atoms in total. The largest absolute Gasteiger partial charge is 0.209 e. The molecule has 0 spiro atoms. The molecule has 0 amide bonds. The minimum Gasteiger partial charge on any atom is -0.202 e. The van der Waals surface area contributed by atoms with Gasteiger partial charge in [-0.2, -0.15) is 4.39 Å². The fourth-order valence-corrected chi connectivity index (χ4v) is 2.46. The van der Waals surface area contributed by atoms with Crippen molar-refractivity contribution in [1.82, 2.24) is 0 Å². The molecule has 2 heteroatoms. The van der Waals surface area contributed by atoms with Crippen molar-refractivity contribution in [3.63, 3.8) is 0 Å². The summed E-state index contributed by atoms with van der Waals surface area (Å²) < 4.78 is 28.1. The Bertz CT molecular complexity index is 741. The van der Waals surface area contributed by atoms with Gasteiger partial charge in [0.15, 0.2) is 5.83 Å². The lowest BCUT2D eigenvalue weighted by molar-refractivity contribution is 0.635. The van der Waals surface area contributed by atoms with Crippen molar-refractivity contribution in [2.45, 2.75) is 39.5 Å². The van der Waals surface area contributed by atoms with Gasteiger partial charge in [0.1, 0.15) is 0 Å². The lowest BCUT2D eigenvalue weighted by atomic mass is 10.1. The van der Waals surface area contributed by atoms with E-state index in [1.54, 1.807) is 12.1 Å². The number of allylic oxidation sites excluding steroid dienone is 1. The minimum absolute atomic E-state index is 0.222. The van der Waals surface area contributed by atoms with E-state index in [0.29, 0.717) is 5.56 Å². The van der Waals surface area contributed by atoms with Gasteiger partial charge in [-0.1, -0.05) is 69.0 Å². The van der Waals surface area contributed by atoms with Gasteiger partial charge >= 0.3 is 0 Å². The zero-order valence-electron chi connectivity index (χ0n) is 14.2. The van der Waals surface area contributed by atoms with E-state index in [2.05, 4.69) is 25.7 Å². The van der Waals surface area contributed by atoms with Gasteiger partial charge in [-0.15, -0.1) is 0 Å². The van der Waals surface area contributed by atoms with Crippen LogP contribution in [0, 0.1) is 11.8 Å². The molecule has 0 bridgehead atoms. The number of hydrogen-bond acceptors (Lipinski definition) is 0. The third-order valence-electron chi connectivity index (χ3n) is 3.75. The van der Waals surface area contributed by atoms with E-state index in [9.17, 15) is 8.78 Å². The van der Waals surface area contributed by atoms with E-state index in [-0.39, 0.29) is 5.56 Å². The van der Waals surface area contributed by atoms with Crippen LogP contribution in [0.1, 0.15) is 48.9 Å². The predicted octanol–water partition coefficient (Wildman–Crippen LogP) is 6.25. The second-order valence-corrected chi connectivity index (χ2v) is 5.77. The van der Waals surface area contributed by atoms with Gasteiger partial charge in [-0.25, -0.2) is 4.39 Å². The van der Waals surface area contributed by atoms with E-state index in [1.165, 1.54) is 5.56 Å². The number of benzene rings is 2. The fraction of sp³-hybridized carbons (Fsp3) is 0.273. The van der Waals surface area contributed by atoms with E-state index in [4.69, 9.17) is 0 Å². The second kappa shape index (κ2) is 9.03. The molecular formula is C22H22F2. The standard InChI is InChI=1S/C22H22F2/c1-3-5-17-7-9-19(10-8-17)13-16-21(23)22(24)20-14-11-18(6-4-2)12-15-20/h7-12,14-15H,3-6H2,1-2H3/b22-21+. The Balaban J connectivity index is 2.14. The SMILES string of the molecule is CCCc1ccc(C#C/C(F)=C(\F)c2ccc(CCC)cc2)cc1. The fourth-order valence-electron chi connectivity index (χ4n) is 2.46. The van der Waals surface area contributed by atoms with Gasteiger partial charge < -0.3 is 0 Å². The summed E-state index contributed by atoms with van der Waals surface area (Å²) in [6, 6.07) is 14.5. The number of hydrogen-bond donors (Lipinski definition) is 0. The lowest BCUT2D eigenvalue weighted by Gasteiger charge is -2.01. The molecular weight excluding hydrogens is 302 g/mol. The van der Waals surface area contributed by atoms with E-state index in [0.717, 1.165) is 31.2 Å². The summed E-state index contributed by atoms with van der Waals surface area (Å²) in [6.45, 7) is 4.20. The van der Waals surface area contributed by atoms with Gasteiger partial charge in [-0.3, -0.25) is 0 Å². The number of rotatable bonds is 5. The zero-order chi connectivity index (χ0) is 17.4. The number of aryl methyl sites for hydroxylation is 2. The van der Waals surface area contributed by atoms with Crippen LogP contribution in [0.5, 0.6) is 0 Å². The summed E-state index contributed by atoms with van der Waals surface area (Å²) in [5.74, 6) is 3.01. The van der Waals surface area contributed by atoms with Crippen molar-refractivity contribution in [2.24, 2.45) is 0 Å². The van der Waals surface area contributed by atoms with Gasteiger partial charge in [0.25, 0.3) is 0 Å². The van der Waals surface area contributed by atoms with Crippen LogP contribution in [0.4, 0.5) is 8.78 Å². The van der Waals surface area contributed by atoms with E-state index < -0.39 is 11.7 Å². The van der Waals surface area contributed by atoms with Crippen molar-refractivity contribution in [3.05, 3.63) is 76.6 Å². The van der Waals surface area contributed by atoms with Gasteiger partial charge in [0, 0.05) is 11.1 Å². The normalized spacial score (nSPS) is 11.5. The van der Waals surface area contributed by atoms with Gasteiger partial charge in [0.2, 0.25) is 5.83 Å². The molecule has 24 heavy (non-hydrogen) atoms. The molecule has 0 atom stereocenters. The molecule has 0 aliphatic heterocycles. The molecule has 0 fully saturated rings. The first-order valence-electron chi connectivity index (χ1n) is 8.39. The monoisotopic (exact) mass is 324 g/mol. The Kier molecular flexibility index (Phi) is 6.75. The highest BCUT2D eigenvalue weighted by atomic mass is 19.2. The zero-order valence-corrected chi connectivity index (χ0v) is 14.2. The predicted molar refractivity (Wildman–Crippen MR) is 96.9 cm³/mol. The maximum Gasteiger partial charge on any atom is 0.209 e. The molecule has 0 aromatic heterocycles. The Morgan fingerprint density at radius 2 is 1.29 bits per heavy atom. The highest BCUT2D eigenvalue weighted by molar-refractivity contribution is 5.65. The van der Waals surface area contributed by atoms with Crippen LogP contribution in [0.2, 0.25) is 0 Å². The Hall–Kier alpha value is -2.40. The molecule has 0 radical (unpaired) electrons. The summed E-state index contributed by atoms with van der Waals surface area (Å²) in [4.78, 5) is 0. The highest BCUT2D eigenvalue weighted by Crippen LogP contribution is 2.21. The minimum atomic E-state index is -1.03. The van der Waals surface area contributed by atoms with Crippen molar-refractivity contribution < 1.29 is 8.78 Å². The van der Waals surface area contributed by atoms with Crippen LogP contribution in [0.15, 0.2) is 54.4 Å². The molecule has 124 valence electrons. The maximum absolute atomic E-state index is 14.1. The highest BCUT2D eigenvalue weighted by Gasteiger charge is 2.07. The molecule has 0 aliphatic carbocycles. The van der Waals surface area contributed by atoms with Gasteiger partial charge in [0.05, 0.1) is 0 Å². The third kappa shape index (κ3) is 5.06. The molecule has 0 N–H and O–H groups in total. The summed E-state index contributed by atoms with van der Waals surface area (Å²) >= 11 is 0. The first-order valence-corrected chi connectivity index (χ1v) is 8.39. The van der Waals surface area contributed by atoms with Crippen LogP contribution in [-0.4, -0.2) is 0 Å². The first kappa shape index (κ1) is 17.9. The first-order chi connectivity index (χ1) is 11.6. The Morgan fingerprint density at radius 1 is 0.792 bits per heavy atom. The molecule has 0 aliphatic rings. The van der Waals surface area contributed by atoms with E-state index in [1.807, 2.05) is 36.4 Å². The quantitative estimate of drug-likeness (QED) is 0.570. The molecule has 2 rings (SSSR count).